The van der Waals surface area contributed by atoms with Gasteiger partial charge in [-0.1, -0.05) is 6.07 Å². The zero-order valence-corrected chi connectivity index (χ0v) is 12.1. The van der Waals surface area contributed by atoms with Gasteiger partial charge in [-0.2, -0.15) is 17.6 Å². The first kappa shape index (κ1) is 15.5. The first-order valence-electron chi connectivity index (χ1n) is 6.96. The fraction of sp³-hybridized carbons (Fsp3) is 0.333. The van der Waals surface area contributed by atoms with Gasteiger partial charge in [0.1, 0.15) is 11.5 Å². The first-order chi connectivity index (χ1) is 10.7. The maximum absolute atomic E-state index is 13.7. The number of carbonyl (C=O) groups excluding carboxylic acids is 1. The van der Waals surface area contributed by atoms with Crippen molar-refractivity contribution in [2.45, 2.75) is 25.9 Å². The summed E-state index contributed by atoms with van der Waals surface area (Å²) >= 11 is 0. The zero-order chi connectivity index (χ0) is 16.8. The van der Waals surface area contributed by atoms with E-state index in [4.69, 9.17) is 0 Å². The number of alkyl halides is 3. The van der Waals surface area contributed by atoms with E-state index in [1.54, 1.807) is 25.1 Å². The molecule has 0 radical (unpaired) electrons. The molecule has 2 heterocycles. The summed E-state index contributed by atoms with van der Waals surface area (Å²) in [7, 11) is 0. The summed E-state index contributed by atoms with van der Waals surface area (Å²) < 4.78 is 51.4. The summed E-state index contributed by atoms with van der Waals surface area (Å²) in [6.45, 7) is 1.60. The third-order valence-electron chi connectivity index (χ3n) is 3.74. The van der Waals surface area contributed by atoms with Crippen LogP contribution in [0.1, 0.15) is 17.8 Å². The lowest BCUT2D eigenvalue weighted by atomic mass is 9.89. The van der Waals surface area contributed by atoms with E-state index >= 15 is 0 Å². The van der Waals surface area contributed by atoms with Gasteiger partial charge in [-0.3, -0.25) is 4.79 Å². The van der Waals surface area contributed by atoms with Crippen LogP contribution in [0.5, 0.6) is 0 Å². The molecule has 2 aromatic rings. The van der Waals surface area contributed by atoms with E-state index in [1.165, 1.54) is 0 Å². The third-order valence-corrected chi connectivity index (χ3v) is 3.74. The number of halogens is 4. The van der Waals surface area contributed by atoms with Crippen molar-refractivity contribution in [1.82, 2.24) is 9.97 Å². The molecule has 3 rings (SSSR count). The number of amides is 1. The largest absolute Gasteiger partial charge is 0.389 e. The summed E-state index contributed by atoms with van der Waals surface area (Å²) in [5.74, 6) is -2.09. The lowest BCUT2D eigenvalue weighted by Crippen LogP contribution is -2.33. The molecule has 2 N–H and O–H groups in total. The van der Waals surface area contributed by atoms with Crippen LogP contribution in [0.25, 0.3) is 11.3 Å². The number of aryl methyl sites for hydroxylation is 1. The number of anilines is 1. The van der Waals surface area contributed by atoms with Crippen molar-refractivity contribution < 1.29 is 22.4 Å². The quantitative estimate of drug-likeness (QED) is 0.828. The van der Waals surface area contributed by atoms with Crippen molar-refractivity contribution >= 4 is 11.6 Å². The van der Waals surface area contributed by atoms with E-state index in [1.807, 2.05) is 0 Å². The molecule has 1 amide bonds. The molecule has 4 nitrogen and oxygen atoms in total. The first-order valence-corrected chi connectivity index (χ1v) is 6.96. The van der Waals surface area contributed by atoms with Crippen molar-refractivity contribution in [1.29, 1.82) is 0 Å². The molecule has 0 aliphatic carbocycles. The van der Waals surface area contributed by atoms with Crippen molar-refractivity contribution in [3.8, 4) is 11.3 Å². The molecule has 1 aromatic carbocycles. The fourth-order valence-electron chi connectivity index (χ4n) is 2.73. The average Bonchev–Trinajstić information content (AvgIpc) is 2.76. The second kappa shape index (κ2) is 5.36. The van der Waals surface area contributed by atoms with Gasteiger partial charge in [0.2, 0.25) is 11.9 Å². The van der Waals surface area contributed by atoms with Gasteiger partial charge in [-0.05, 0) is 31.0 Å². The zero-order valence-electron chi connectivity index (χ0n) is 12.1. The predicted octanol–water partition coefficient (Wildman–Crippen LogP) is 3.59. The average molecular weight is 327 g/mol. The van der Waals surface area contributed by atoms with Gasteiger partial charge in [-0.25, -0.2) is 4.98 Å². The molecule has 1 unspecified atom stereocenters. The third kappa shape index (κ3) is 3.20. The Balaban J connectivity index is 1.93. The van der Waals surface area contributed by atoms with Crippen LogP contribution in [-0.2, 0) is 11.2 Å². The topological polar surface area (TPSA) is 57.8 Å². The molecule has 1 aliphatic heterocycles. The van der Waals surface area contributed by atoms with Crippen LogP contribution in [-0.4, -0.2) is 22.1 Å². The molecule has 0 bridgehead atoms. The van der Waals surface area contributed by atoms with E-state index < -0.39 is 30.4 Å². The van der Waals surface area contributed by atoms with Gasteiger partial charge in [0, 0.05) is 11.3 Å². The highest BCUT2D eigenvalue weighted by atomic mass is 19.4. The Kier molecular flexibility index (Phi) is 3.62. The Hall–Kier alpha value is -2.38. The molecule has 8 heteroatoms. The molecule has 1 atom stereocenters. The lowest BCUT2D eigenvalue weighted by Gasteiger charge is -2.25. The van der Waals surface area contributed by atoms with Crippen LogP contribution in [0.4, 0.5) is 23.2 Å². The molecule has 122 valence electrons. The highest BCUT2D eigenvalue weighted by molar-refractivity contribution is 5.96. The minimum absolute atomic E-state index is 0.0384. The van der Waals surface area contributed by atoms with Gasteiger partial charge in [0.15, 0.2) is 0 Å². The summed E-state index contributed by atoms with van der Waals surface area (Å²) in [4.78, 5) is 18.2. The van der Waals surface area contributed by atoms with Crippen LogP contribution in [0, 0.1) is 18.8 Å². The number of nitrogens with one attached hydrogen (secondary N) is 2. The van der Waals surface area contributed by atoms with Crippen LogP contribution in [0.15, 0.2) is 18.2 Å². The molecule has 1 aliphatic rings. The number of benzene rings is 1. The van der Waals surface area contributed by atoms with Gasteiger partial charge >= 0.3 is 6.18 Å². The maximum Gasteiger partial charge on any atom is 0.389 e. The monoisotopic (exact) mass is 327 g/mol. The second-order valence-corrected chi connectivity index (χ2v) is 5.57. The number of fused-ring (bicyclic) bond motifs is 1. The minimum Gasteiger partial charge on any atom is -0.340 e. The van der Waals surface area contributed by atoms with Gasteiger partial charge in [-0.15, -0.1) is 0 Å². The van der Waals surface area contributed by atoms with E-state index in [0.29, 0.717) is 22.6 Å². The van der Waals surface area contributed by atoms with E-state index in [-0.39, 0.29) is 12.1 Å². The predicted molar refractivity (Wildman–Crippen MR) is 75.2 cm³/mol. The van der Waals surface area contributed by atoms with E-state index in [0.717, 1.165) is 0 Å². The van der Waals surface area contributed by atoms with Gasteiger partial charge < -0.3 is 10.3 Å². The molecule has 1 aromatic heterocycles. The van der Waals surface area contributed by atoms with Crippen molar-refractivity contribution in [2.24, 2.45) is 5.92 Å². The Morgan fingerprint density at radius 2 is 2.09 bits per heavy atom. The Bertz CT molecular complexity index is 767. The number of carbonyl (C=O) groups is 1. The summed E-state index contributed by atoms with van der Waals surface area (Å²) in [5, 5.41) is 2.47. The van der Waals surface area contributed by atoms with Crippen LogP contribution in [0.3, 0.4) is 0 Å². The van der Waals surface area contributed by atoms with E-state index in [9.17, 15) is 22.4 Å². The number of nitrogens with zero attached hydrogens (tertiary/aromatic N) is 1. The van der Waals surface area contributed by atoms with Crippen molar-refractivity contribution in [3.63, 3.8) is 0 Å². The Morgan fingerprint density at radius 1 is 1.35 bits per heavy atom. The summed E-state index contributed by atoms with van der Waals surface area (Å²) in [6.07, 6.45) is -5.63. The number of aromatic amines is 1. The summed E-state index contributed by atoms with van der Waals surface area (Å²) in [6, 6.07) is 4.72. The molecular weight excluding hydrogens is 314 g/mol. The molecular formula is C15H13F4N3O. The van der Waals surface area contributed by atoms with E-state index in [2.05, 4.69) is 15.3 Å². The standard InChI is InChI=1S/C15H13F4N3O/c1-7-20-12(13(16)21-7)8-2-3-11-9(4-8)5-10(14(23)22-11)6-15(17,18)19/h2-4,10H,5-6H2,1H3,(H,20,21)(H,22,23). The maximum atomic E-state index is 13.7. The minimum atomic E-state index is -4.41. The number of hydrogen-bond acceptors (Lipinski definition) is 2. The lowest BCUT2D eigenvalue weighted by molar-refractivity contribution is -0.152. The molecule has 0 spiro atoms. The number of imidazole rings is 1. The van der Waals surface area contributed by atoms with Gasteiger partial charge in [0.05, 0.1) is 12.3 Å². The molecule has 0 saturated heterocycles. The number of rotatable bonds is 2. The van der Waals surface area contributed by atoms with Crippen LogP contribution >= 0.6 is 0 Å². The normalized spacial score (nSPS) is 17.8. The highest BCUT2D eigenvalue weighted by Crippen LogP contribution is 2.35. The smallest absolute Gasteiger partial charge is 0.340 e. The number of hydrogen-bond donors (Lipinski definition) is 2. The van der Waals surface area contributed by atoms with Gasteiger partial charge in [0.25, 0.3) is 0 Å². The van der Waals surface area contributed by atoms with Crippen LogP contribution < -0.4 is 5.32 Å². The second-order valence-electron chi connectivity index (χ2n) is 5.57. The Morgan fingerprint density at radius 3 is 2.70 bits per heavy atom. The summed E-state index contributed by atoms with van der Waals surface area (Å²) in [5.41, 5.74) is 1.65. The number of H-pyrrole nitrogens is 1. The Labute approximate surface area is 128 Å². The van der Waals surface area contributed by atoms with Crippen molar-refractivity contribution in [2.75, 3.05) is 5.32 Å². The molecule has 0 fully saturated rings. The molecule has 0 saturated carbocycles. The highest BCUT2D eigenvalue weighted by Gasteiger charge is 2.37. The fourth-order valence-corrected chi connectivity index (χ4v) is 2.73. The SMILES string of the molecule is Cc1nc(F)c(-c2ccc3c(c2)CC(CC(F)(F)F)C(=O)N3)[nH]1. The van der Waals surface area contributed by atoms with Crippen molar-refractivity contribution in [3.05, 3.63) is 35.5 Å². The van der Waals surface area contributed by atoms with Crippen LogP contribution in [0.2, 0.25) is 0 Å². The number of aromatic nitrogens is 2. The molecule has 23 heavy (non-hydrogen) atoms.